The second-order valence-electron chi connectivity index (χ2n) is 6.08. The van der Waals surface area contributed by atoms with Gasteiger partial charge in [0.2, 0.25) is 0 Å². The molecule has 0 aromatic carbocycles. The number of thiophene rings is 1. The number of fused-ring (bicyclic) bond motifs is 4. The number of nitrogens with one attached hydrogen (secondary N) is 2. The van der Waals surface area contributed by atoms with E-state index in [2.05, 4.69) is 10.9 Å². The lowest BCUT2D eigenvalue weighted by molar-refractivity contribution is 0.0688. The van der Waals surface area contributed by atoms with Gasteiger partial charge in [-0.2, -0.15) is 4.31 Å². The van der Waals surface area contributed by atoms with Crippen LogP contribution in [0.5, 0.6) is 0 Å². The lowest BCUT2D eigenvalue weighted by Crippen LogP contribution is -2.60. The number of rotatable bonds is 2. The zero-order valence-corrected chi connectivity index (χ0v) is 13.8. The molecule has 4 unspecified atom stereocenters. The summed E-state index contributed by atoms with van der Waals surface area (Å²) in [5.41, 5.74) is 6.52. The van der Waals surface area contributed by atoms with Crippen LogP contribution in [0, 0.1) is 5.92 Å². The van der Waals surface area contributed by atoms with Crippen molar-refractivity contribution in [2.75, 3.05) is 6.54 Å². The van der Waals surface area contributed by atoms with Crippen LogP contribution < -0.4 is 10.9 Å². The monoisotopic (exact) mass is 347 g/mol. The molecule has 3 saturated heterocycles. The van der Waals surface area contributed by atoms with Gasteiger partial charge in [-0.3, -0.25) is 10.9 Å². The summed E-state index contributed by atoms with van der Waals surface area (Å²) >= 11 is 7.09. The molecular weight excluding hydrogens is 330 g/mol. The lowest BCUT2D eigenvalue weighted by Gasteiger charge is -2.49. The quantitative estimate of drug-likeness (QED) is 0.856. The molecule has 0 amide bonds. The van der Waals surface area contributed by atoms with Crippen molar-refractivity contribution >= 4 is 33.0 Å². The van der Waals surface area contributed by atoms with E-state index in [1.807, 2.05) is 0 Å². The van der Waals surface area contributed by atoms with Crippen LogP contribution in [0.4, 0.5) is 0 Å². The summed E-state index contributed by atoms with van der Waals surface area (Å²) in [5.74, 6) is 0.367. The first-order valence-electron chi connectivity index (χ1n) is 7.34. The van der Waals surface area contributed by atoms with Crippen molar-refractivity contribution in [3.8, 4) is 0 Å². The topological polar surface area (TPSA) is 61.4 Å². The standard InChI is InChI=1S/C13H18ClN3O2S2/c14-12-4-5-13(20-12)21(18,19)17-8-2-1-3-11(17)9-7-15-16-10(9)6-8/h4-5,8-11,15-16H,1-3,6-7H2. The molecule has 1 aromatic heterocycles. The van der Waals surface area contributed by atoms with E-state index in [0.29, 0.717) is 20.5 Å². The van der Waals surface area contributed by atoms with E-state index in [1.54, 1.807) is 16.4 Å². The van der Waals surface area contributed by atoms with Crippen molar-refractivity contribution in [1.82, 2.24) is 15.2 Å². The Morgan fingerprint density at radius 2 is 2.19 bits per heavy atom. The van der Waals surface area contributed by atoms with Crippen molar-refractivity contribution in [1.29, 1.82) is 0 Å². The van der Waals surface area contributed by atoms with Crippen LogP contribution in [0.2, 0.25) is 4.34 Å². The molecule has 4 heterocycles. The molecule has 21 heavy (non-hydrogen) atoms. The Bertz CT molecular complexity index is 648. The normalized spacial score (nSPS) is 36.6. The molecule has 4 atom stereocenters. The van der Waals surface area contributed by atoms with Crippen molar-refractivity contribution in [2.45, 2.75) is 48.0 Å². The zero-order valence-electron chi connectivity index (χ0n) is 11.5. The first kappa shape index (κ1) is 14.4. The zero-order chi connectivity index (χ0) is 14.6. The number of hydrazine groups is 1. The molecule has 0 aliphatic carbocycles. The van der Waals surface area contributed by atoms with Gasteiger partial charge >= 0.3 is 0 Å². The predicted molar refractivity (Wildman–Crippen MR) is 82.8 cm³/mol. The maximum Gasteiger partial charge on any atom is 0.253 e. The van der Waals surface area contributed by atoms with Gasteiger partial charge in [-0.05, 0) is 31.4 Å². The second kappa shape index (κ2) is 5.18. The van der Waals surface area contributed by atoms with Crippen LogP contribution in [0.3, 0.4) is 0 Å². The smallest absolute Gasteiger partial charge is 0.253 e. The maximum atomic E-state index is 13.0. The molecule has 4 rings (SSSR count). The Kier molecular flexibility index (Phi) is 3.55. The Hall–Kier alpha value is -0.180. The summed E-state index contributed by atoms with van der Waals surface area (Å²) < 4.78 is 28.8. The first-order valence-corrected chi connectivity index (χ1v) is 9.98. The number of nitrogens with zero attached hydrogens (tertiary/aromatic N) is 1. The van der Waals surface area contributed by atoms with Gasteiger partial charge in [-0.15, -0.1) is 11.3 Å². The summed E-state index contributed by atoms with van der Waals surface area (Å²) in [6.07, 6.45) is 3.93. The lowest BCUT2D eigenvalue weighted by atomic mass is 9.77. The van der Waals surface area contributed by atoms with Crippen LogP contribution >= 0.6 is 22.9 Å². The summed E-state index contributed by atoms with van der Waals surface area (Å²) in [4.78, 5) is 0. The highest BCUT2D eigenvalue weighted by atomic mass is 35.5. The molecule has 5 nitrogen and oxygen atoms in total. The van der Waals surface area contributed by atoms with Gasteiger partial charge in [0, 0.05) is 30.6 Å². The van der Waals surface area contributed by atoms with E-state index in [9.17, 15) is 8.42 Å². The van der Waals surface area contributed by atoms with E-state index in [1.165, 1.54) is 0 Å². The van der Waals surface area contributed by atoms with Crippen LogP contribution in [-0.2, 0) is 10.0 Å². The number of sulfonamides is 1. The minimum absolute atomic E-state index is 0.107. The summed E-state index contributed by atoms with van der Waals surface area (Å²) in [6, 6.07) is 3.92. The van der Waals surface area contributed by atoms with Gasteiger partial charge in [0.25, 0.3) is 10.0 Å². The van der Waals surface area contributed by atoms with Gasteiger partial charge in [-0.25, -0.2) is 8.42 Å². The van der Waals surface area contributed by atoms with Crippen LogP contribution in [0.25, 0.3) is 0 Å². The second-order valence-corrected chi connectivity index (χ2v) is 9.86. The summed E-state index contributed by atoms with van der Waals surface area (Å²) in [6.45, 7) is 0.846. The molecule has 2 bridgehead atoms. The molecule has 2 N–H and O–H groups in total. The van der Waals surface area contributed by atoms with E-state index >= 15 is 0 Å². The molecule has 0 radical (unpaired) electrons. The molecule has 8 heteroatoms. The molecule has 3 aliphatic rings. The molecule has 3 aliphatic heterocycles. The summed E-state index contributed by atoms with van der Waals surface area (Å²) in [5, 5.41) is 0. The van der Waals surface area contributed by atoms with Gasteiger partial charge < -0.3 is 0 Å². The van der Waals surface area contributed by atoms with Crippen molar-refractivity contribution < 1.29 is 8.42 Å². The molecule has 0 saturated carbocycles. The highest BCUT2D eigenvalue weighted by molar-refractivity contribution is 7.91. The fourth-order valence-electron chi connectivity index (χ4n) is 4.12. The average Bonchev–Trinajstić information content (AvgIpc) is 3.07. The van der Waals surface area contributed by atoms with E-state index in [4.69, 9.17) is 11.6 Å². The van der Waals surface area contributed by atoms with Gasteiger partial charge in [0.1, 0.15) is 4.21 Å². The Morgan fingerprint density at radius 3 is 2.95 bits per heavy atom. The van der Waals surface area contributed by atoms with Gasteiger partial charge in [-0.1, -0.05) is 18.0 Å². The number of hydrogen-bond donors (Lipinski definition) is 2. The van der Waals surface area contributed by atoms with E-state index in [-0.39, 0.29) is 12.1 Å². The number of halogens is 1. The van der Waals surface area contributed by atoms with Crippen molar-refractivity contribution in [2.24, 2.45) is 5.92 Å². The SMILES string of the molecule is O=S(=O)(c1ccc(Cl)s1)N1C2CCCC1C1CNNC1C2. The molecule has 1 aromatic rings. The highest BCUT2D eigenvalue weighted by Crippen LogP contribution is 2.43. The molecule has 116 valence electrons. The van der Waals surface area contributed by atoms with Gasteiger partial charge in [0.05, 0.1) is 4.34 Å². The van der Waals surface area contributed by atoms with E-state index < -0.39 is 10.0 Å². The third-order valence-corrected chi connectivity index (χ3v) is 8.64. The largest absolute Gasteiger partial charge is 0.257 e. The Balaban J connectivity index is 1.73. The van der Waals surface area contributed by atoms with Gasteiger partial charge in [0.15, 0.2) is 0 Å². The molecule has 3 fully saturated rings. The Labute approximate surface area is 133 Å². The van der Waals surface area contributed by atoms with Crippen LogP contribution in [-0.4, -0.2) is 37.4 Å². The van der Waals surface area contributed by atoms with Crippen LogP contribution in [0.15, 0.2) is 16.3 Å². The number of piperidine rings is 2. The Morgan fingerprint density at radius 1 is 1.33 bits per heavy atom. The number of hydrogen-bond acceptors (Lipinski definition) is 5. The maximum absolute atomic E-state index is 13.0. The summed E-state index contributed by atoms with van der Waals surface area (Å²) in [7, 11) is -3.43. The predicted octanol–water partition coefficient (Wildman–Crippen LogP) is 1.81. The van der Waals surface area contributed by atoms with E-state index in [0.717, 1.165) is 43.6 Å². The average molecular weight is 348 g/mol. The first-order chi connectivity index (χ1) is 10.1. The highest BCUT2D eigenvalue weighted by Gasteiger charge is 2.51. The van der Waals surface area contributed by atoms with Crippen LogP contribution in [0.1, 0.15) is 25.7 Å². The third kappa shape index (κ3) is 2.26. The van der Waals surface area contributed by atoms with Crippen molar-refractivity contribution in [3.63, 3.8) is 0 Å². The fraction of sp³-hybridized carbons (Fsp3) is 0.692. The third-order valence-electron chi connectivity index (χ3n) is 4.97. The van der Waals surface area contributed by atoms with Crippen molar-refractivity contribution in [3.05, 3.63) is 16.5 Å². The minimum atomic E-state index is -3.43. The minimum Gasteiger partial charge on any atom is -0.257 e. The molecular formula is C13H18ClN3O2S2. The fourth-order valence-corrected chi connectivity index (χ4v) is 7.63. The molecule has 0 spiro atoms.